The fourth-order valence-electron chi connectivity index (χ4n) is 2.29. The van der Waals surface area contributed by atoms with Crippen molar-refractivity contribution >= 4 is 22.6 Å². The number of amides is 1. The van der Waals surface area contributed by atoms with Crippen LogP contribution in [0.5, 0.6) is 0 Å². The Bertz CT molecular complexity index is 757. The monoisotopic (exact) mass is 269 g/mol. The summed E-state index contributed by atoms with van der Waals surface area (Å²) in [6, 6.07) is 9.38. The van der Waals surface area contributed by atoms with Gasteiger partial charge in [-0.1, -0.05) is 18.2 Å². The second-order valence-electron chi connectivity index (χ2n) is 4.66. The van der Waals surface area contributed by atoms with Crippen LogP contribution in [0.2, 0.25) is 0 Å². The van der Waals surface area contributed by atoms with E-state index in [9.17, 15) is 4.79 Å². The largest absolute Gasteiger partial charge is 0.324 e. The van der Waals surface area contributed by atoms with Gasteiger partial charge in [-0.3, -0.25) is 14.2 Å². The third-order valence-electron chi connectivity index (χ3n) is 3.16. The molecule has 0 saturated heterocycles. The van der Waals surface area contributed by atoms with Crippen molar-refractivity contribution in [3.05, 3.63) is 42.2 Å². The molecule has 0 aliphatic carbocycles. The van der Waals surface area contributed by atoms with Crippen molar-refractivity contribution in [2.75, 3.05) is 5.32 Å². The molecule has 6 heteroatoms. The lowest BCUT2D eigenvalue weighted by Crippen LogP contribution is -2.19. The summed E-state index contributed by atoms with van der Waals surface area (Å²) in [4.78, 5) is 12.0. The molecule has 0 aliphatic heterocycles. The van der Waals surface area contributed by atoms with Crippen LogP contribution < -0.4 is 5.32 Å². The standard InChI is InChI=1S/C14H15N5O/c1-10-14-12(18(2)17-10)8-15-19(14)9-13(20)16-11-6-4-3-5-7-11/h3-8H,9H2,1-2H3,(H,16,20). The Kier molecular flexibility index (Phi) is 2.98. The molecule has 0 unspecified atom stereocenters. The van der Waals surface area contributed by atoms with Crippen molar-refractivity contribution in [2.24, 2.45) is 7.05 Å². The van der Waals surface area contributed by atoms with Gasteiger partial charge in [0.05, 0.1) is 11.9 Å². The molecular formula is C14H15N5O. The first-order valence-electron chi connectivity index (χ1n) is 6.35. The molecule has 3 rings (SSSR count). The van der Waals surface area contributed by atoms with E-state index in [2.05, 4.69) is 15.5 Å². The number of hydrogen-bond donors (Lipinski definition) is 1. The smallest absolute Gasteiger partial charge is 0.246 e. The molecule has 1 N–H and O–H groups in total. The Balaban J connectivity index is 1.81. The molecule has 1 amide bonds. The van der Waals surface area contributed by atoms with Gasteiger partial charge in [0.2, 0.25) is 5.91 Å². The highest BCUT2D eigenvalue weighted by Gasteiger charge is 2.13. The van der Waals surface area contributed by atoms with Gasteiger partial charge in [0, 0.05) is 12.7 Å². The Morgan fingerprint density at radius 1 is 1.30 bits per heavy atom. The lowest BCUT2D eigenvalue weighted by Gasteiger charge is -2.05. The fourth-order valence-corrected chi connectivity index (χ4v) is 2.29. The molecule has 2 aromatic heterocycles. The van der Waals surface area contributed by atoms with Crippen LogP contribution in [0.15, 0.2) is 36.5 Å². The van der Waals surface area contributed by atoms with Gasteiger partial charge in [-0.15, -0.1) is 0 Å². The van der Waals surface area contributed by atoms with Crippen molar-refractivity contribution in [1.82, 2.24) is 19.6 Å². The molecule has 2 heterocycles. The summed E-state index contributed by atoms with van der Waals surface area (Å²) in [6.07, 6.45) is 1.73. The van der Waals surface area contributed by atoms with Gasteiger partial charge in [0.1, 0.15) is 17.6 Å². The maximum absolute atomic E-state index is 12.0. The first-order valence-corrected chi connectivity index (χ1v) is 6.35. The summed E-state index contributed by atoms with van der Waals surface area (Å²) in [5.74, 6) is -0.107. The summed E-state index contributed by atoms with van der Waals surface area (Å²) < 4.78 is 3.44. The number of fused-ring (bicyclic) bond motifs is 1. The second-order valence-corrected chi connectivity index (χ2v) is 4.66. The average Bonchev–Trinajstić information content (AvgIpc) is 2.94. The molecule has 3 aromatic rings. The molecule has 102 valence electrons. The minimum Gasteiger partial charge on any atom is -0.324 e. The molecule has 20 heavy (non-hydrogen) atoms. The molecule has 1 aromatic carbocycles. The summed E-state index contributed by atoms with van der Waals surface area (Å²) >= 11 is 0. The lowest BCUT2D eigenvalue weighted by molar-refractivity contribution is -0.116. The number of aryl methyl sites for hydroxylation is 2. The molecule has 6 nitrogen and oxygen atoms in total. The first kappa shape index (κ1) is 12.4. The lowest BCUT2D eigenvalue weighted by atomic mass is 10.3. The van der Waals surface area contributed by atoms with E-state index in [-0.39, 0.29) is 12.5 Å². The third kappa shape index (κ3) is 2.16. The second kappa shape index (κ2) is 4.80. The highest BCUT2D eigenvalue weighted by atomic mass is 16.2. The van der Waals surface area contributed by atoms with Crippen LogP contribution >= 0.6 is 0 Å². The van der Waals surface area contributed by atoms with E-state index >= 15 is 0 Å². The number of hydrogen-bond acceptors (Lipinski definition) is 3. The van der Waals surface area contributed by atoms with Gasteiger partial charge in [-0.05, 0) is 19.1 Å². The average molecular weight is 269 g/mol. The molecule has 0 atom stereocenters. The summed E-state index contributed by atoms with van der Waals surface area (Å²) in [5.41, 5.74) is 3.47. The van der Waals surface area contributed by atoms with Gasteiger partial charge in [0.15, 0.2) is 0 Å². The van der Waals surface area contributed by atoms with Gasteiger partial charge in [0.25, 0.3) is 0 Å². The zero-order chi connectivity index (χ0) is 14.1. The van der Waals surface area contributed by atoms with E-state index in [0.717, 1.165) is 22.4 Å². The van der Waals surface area contributed by atoms with Crippen LogP contribution in [0.3, 0.4) is 0 Å². The Labute approximate surface area is 116 Å². The van der Waals surface area contributed by atoms with E-state index in [1.807, 2.05) is 44.3 Å². The normalized spacial score (nSPS) is 10.9. The number of nitrogens with zero attached hydrogens (tertiary/aromatic N) is 4. The van der Waals surface area contributed by atoms with Crippen LogP contribution in [0, 0.1) is 6.92 Å². The minimum absolute atomic E-state index is 0.107. The van der Waals surface area contributed by atoms with E-state index in [4.69, 9.17) is 0 Å². The van der Waals surface area contributed by atoms with Crippen molar-refractivity contribution in [3.63, 3.8) is 0 Å². The summed E-state index contributed by atoms with van der Waals surface area (Å²) in [5, 5.41) is 11.4. The van der Waals surface area contributed by atoms with E-state index in [1.165, 1.54) is 0 Å². The third-order valence-corrected chi connectivity index (χ3v) is 3.16. The van der Waals surface area contributed by atoms with Crippen molar-refractivity contribution in [3.8, 4) is 0 Å². The van der Waals surface area contributed by atoms with Crippen molar-refractivity contribution < 1.29 is 4.79 Å². The Morgan fingerprint density at radius 3 is 2.80 bits per heavy atom. The Hall–Kier alpha value is -2.63. The van der Waals surface area contributed by atoms with Gasteiger partial charge in [-0.25, -0.2) is 0 Å². The molecule has 0 spiro atoms. The van der Waals surface area contributed by atoms with Crippen LogP contribution in [-0.2, 0) is 18.4 Å². The summed E-state index contributed by atoms with van der Waals surface area (Å²) in [7, 11) is 1.87. The number of carbonyl (C=O) groups is 1. The van der Waals surface area contributed by atoms with Gasteiger partial charge in [-0.2, -0.15) is 10.2 Å². The topological polar surface area (TPSA) is 64.7 Å². The zero-order valence-corrected chi connectivity index (χ0v) is 11.4. The Morgan fingerprint density at radius 2 is 2.05 bits per heavy atom. The number of para-hydroxylation sites is 1. The highest BCUT2D eigenvalue weighted by Crippen LogP contribution is 2.16. The number of benzene rings is 1. The molecule has 0 saturated carbocycles. The number of anilines is 1. The van der Waals surface area contributed by atoms with E-state index < -0.39 is 0 Å². The summed E-state index contributed by atoms with van der Waals surface area (Å²) in [6.45, 7) is 2.08. The number of nitrogens with one attached hydrogen (secondary N) is 1. The SMILES string of the molecule is Cc1nn(C)c2cnn(CC(=O)Nc3ccccc3)c12. The van der Waals surface area contributed by atoms with E-state index in [1.54, 1.807) is 15.6 Å². The predicted octanol–water partition coefficient (Wildman–Crippen LogP) is 1.72. The molecule has 0 bridgehead atoms. The first-order chi connectivity index (χ1) is 9.65. The molecule has 0 radical (unpaired) electrons. The minimum atomic E-state index is -0.107. The maximum atomic E-state index is 12.0. The molecular weight excluding hydrogens is 254 g/mol. The van der Waals surface area contributed by atoms with Crippen LogP contribution in [0.25, 0.3) is 11.0 Å². The molecule has 0 fully saturated rings. The van der Waals surface area contributed by atoms with Crippen molar-refractivity contribution in [1.29, 1.82) is 0 Å². The molecule has 0 aliphatic rings. The van der Waals surface area contributed by atoms with Crippen molar-refractivity contribution in [2.45, 2.75) is 13.5 Å². The number of carbonyl (C=O) groups excluding carboxylic acids is 1. The quantitative estimate of drug-likeness (QED) is 0.787. The number of rotatable bonds is 3. The van der Waals surface area contributed by atoms with E-state index in [0.29, 0.717) is 0 Å². The van der Waals surface area contributed by atoms with Crippen LogP contribution in [0.1, 0.15) is 5.69 Å². The van der Waals surface area contributed by atoms with Crippen LogP contribution in [0.4, 0.5) is 5.69 Å². The number of aromatic nitrogens is 4. The highest BCUT2D eigenvalue weighted by molar-refractivity contribution is 5.91. The fraction of sp³-hybridized carbons (Fsp3) is 0.214. The zero-order valence-electron chi connectivity index (χ0n) is 11.4. The van der Waals surface area contributed by atoms with Crippen LogP contribution in [-0.4, -0.2) is 25.5 Å². The maximum Gasteiger partial charge on any atom is 0.246 e. The van der Waals surface area contributed by atoms with Gasteiger partial charge < -0.3 is 5.32 Å². The van der Waals surface area contributed by atoms with Gasteiger partial charge >= 0.3 is 0 Å². The predicted molar refractivity (Wildman–Crippen MR) is 76.3 cm³/mol.